The summed E-state index contributed by atoms with van der Waals surface area (Å²) in [6.07, 6.45) is 1.16. The molecule has 0 spiro atoms. The lowest BCUT2D eigenvalue weighted by molar-refractivity contribution is 0.537. The second-order valence-corrected chi connectivity index (χ2v) is 2.52. The highest BCUT2D eigenvalue weighted by Crippen LogP contribution is 1.87. The lowest BCUT2D eigenvalue weighted by Gasteiger charge is -2.05. The molecule has 3 heteroatoms. The van der Waals surface area contributed by atoms with E-state index in [1.807, 2.05) is 18.4 Å². The van der Waals surface area contributed by atoms with Crippen LogP contribution >= 0.6 is 12.8 Å². The first-order chi connectivity index (χ1) is 3.77. The lowest BCUT2D eigenvalue weighted by Crippen LogP contribution is -2.14. The number of rotatable bonds is 4. The van der Waals surface area contributed by atoms with Crippen LogP contribution in [0.4, 0.5) is 0 Å². The first kappa shape index (κ1) is 8.27. The van der Waals surface area contributed by atoms with Crippen molar-refractivity contribution in [2.24, 2.45) is 0 Å². The third kappa shape index (κ3) is 6.27. The molecule has 50 valence electrons. The smallest absolute Gasteiger partial charge is 0.00959 e. The molecule has 0 amide bonds. The standard InChI is InChI=1S/C5H14N2S/c1-6-4-3-5-7(2)8/h6,8H,3-5H2,1-2H3. The van der Waals surface area contributed by atoms with Crippen molar-refractivity contribution in [3.05, 3.63) is 0 Å². The van der Waals surface area contributed by atoms with Crippen LogP contribution in [0, 0.1) is 0 Å². The van der Waals surface area contributed by atoms with E-state index >= 15 is 0 Å². The average Bonchev–Trinajstić information content (AvgIpc) is 1.66. The van der Waals surface area contributed by atoms with Crippen molar-refractivity contribution in [2.45, 2.75) is 6.42 Å². The van der Waals surface area contributed by atoms with E-state index < -0.39 is 0 Å². The maximum absolute atomic E-state index is 4.08. The normalized spacial score (nSPS) is 10.5. The molecule has 0 saturated heterocycles. The zero-order valence-electron chi connectivity index (χ0n) is 5.52. The molecule has 1 N–H and O–H groups in total. The van der Waals surface area contributed by atoms with Gasteiger partial charge in [-0.3, -0.25) is 4.31 Å². The SMILES string of the molecule is CNCCCN(C)S. The summed E-state index contributed by atoms with van der Waals surface area (Å²) in [4.78, 5) is 0. The highest BCUT2D eigenvalue weighted by Gasteiger charge is 1.86. The second kappa shape index (κ2) is 5.41. The fraction of sp³-hybridized carbons (Fsp3) is 1.00. The first-order valence-corrected chi connectivity index (χ1v) is 3.22. The van der Waals surface area contributed by atoms with Gasteiger partial charge in [0, 0.05) is 6.54 Å². The molecule has 0 aromatic heterocycles. The summed E-state index contributed by atoms with van der Waals surface area (Å²) in [7, 11) is 3.91. The lowest BCUT2D eigenvalue weighted by atomic mass is 10.4. The monoisotopic (exact) mass is 134 g/mol. The van der Waals surface area contributed by atoms with Gasteiger partial charge in [-0.1, -0.05) is 12.8 Å². The van der Waals surface area contributed by atoms with Crippen LogP contribution in [0.2, 0.25) is 0 Å². The van der Waals surface area contributed by atoms with Gasteiger partial charge < -0.3 is 5.32 Å². The minimum atomic E-state index is 1.05. The molecule has 0 aromatic rings. The van der Waals surface area contributed by atoms with Gasteiger partial charge in [0.15, 0.2) is 0 Å². The van der Waals surface area contributed by atoms with Gasteiger partial charge in [0.2, 0.25) is 0 Å². The van der Waals surface area contributed by atoms with Crippen molar-refractivity contribution in [1.82, 2.24) is 9.62 Å². The average molecular weight is 134 g/mol. The highest BCUT2D eigenvalue weighted by atomic mass is 32.1. The number of hydrogen-bond acceptors (Lipinski definition) is 3. The molecule has 0 aliphatic carbocycles. The van der Waals surface area contributed by atoms with E-state index in [9.17, 15) is 0 Å². The summed E-state index contributed by atoms with van der Waals surface area (Å²) in [5, 5.41) is 3.06. The quantitative estimate of drug-likeness (QED) is 0.427. The molecule has 0 unspecified atom stereocenters. The zero-order chi connectivity index (χ0) is 6.41. The van der Waals surface area contributed by atoms with E-state index in [2.05, 4.69) is 18.1 Å². The molecule has 2 nitrogen and oxygen atoms in total. The van der Waals surface area contributed by atoms with Crippen LogP contribution in [0.3, 0.4) is 0 Å². The van der Waals surface area contributed by atoms with Crippen LogP contribution in [0.1, 0.15) is 6.42 Å². The molecule has 0 aliphatic rings. The molecule has 0 bridgehead atoms. The van der Waals surface area contributed by atoms with Gasteiger partial charge >= 0.3 is 0 Å². The predicted octanol–water partition coefficient (Wildman–Crippen LogP) is 0.373. The van der Waals surface area contributed by atoms with Gasteiger partial charge in [0.25, 0.3) is 0 Å². The number of hydrogen-bond donors (Lipinski definition) is 2. The van der Waals surface area contributed by atoms with Crippen molar-refractivity contribution in [3.8, 4) is 0 Å². The Kier molecular flexibility index (Phi) is 5.59. The van der Waals surface area contributed by atoms with Crippen molar-refractivity contribution >= 4 is 12.8 Å². The van der Waals surface area contributed by atoms with E-state index in [-0.39, 0.29) is 0 Å². The summed E-state index contributed by atoms with van der Waals surface area (Å²) in [5.41, 5.74) is 0. The minimum absolute atomic E-state index is 1.05. The fourth-order valence-corrected chi connectivity index (χ4v) is 0.626. The van der Waals surface area contributed by atoms with Gasteiger partial charge in [-0.2, -0.15) is 0 Å². The predicted molar refractivity (Wildman–Crippen MR) is 40.2 cm³/mol. The van der Waals surface area contributed by atoms with Gasteiger partial charge in [-0.25, -0.2) is 0 Å². The molecular weight excluding hydrogens is 120 g/mol. The largest absolute Gasteiger partial charge is 0.320 e. The Labute approximate surface area is 56.8 Å². The number of thiol groups is 1. The molecule has 0 aliphatic heterocycles. The van der Waals surface area contributed by atoms with Gasteiger partial charge in [-0.15, -0.1) is 0 Å². The summed E-state index contributed by atoms with van der Waals surface area (Å²) < 4.78 is 1.89. The molecule has 8 heavy (non-hydrogen) atoms. The summed E-state index contributed by atoms with van der Waals surface area (Å²) >= 11 is 4.08. The van der Waals surface area contributed by atoms with Crippen LogP contribution in [-0.4, -0.2) is 31.5 Å². The van der Waals surface area contributed by atoms with Crippen molar-refractivity contribution < 1.29 is 0 Å². The van der Waals surface area contributed by atoms with Crippen LogP contribution in [0.5, 0.6) is 0 Å². The maximum atomic E-state index is 4.08. The van der Waals surface area contributed by atoms with Gasteiger partial charge in [0.1, 0.15) is 0 Å². The Balaban J connectivity index is 2.72. The van der Waals surface area contributed by atoms with E-state index in [0.717, 1.165) is 19.5 Å². The Hall–Kier alpha value is 0.270. The number of nitrogens with zero attached hydrogens (tertiary/aromatic N) is 1. The molecule has 0 heterocycles. The van der Waals surface area contributed by atoms with Crippen LogP contribution in [0.25, 0.3) is 0 Å². The maximum Gasteiger partial charge on any atom is 0.00959 e. The molecule has 0 atom stereocenters. The molecule has 0 saturated carbocycles. The summed E-state index contributed by atoms with van der Waals surface area (Å²) in [5.74, 6) is 0. The Morgan fingerprint density at radius 1 is 1.62 bits per heavy atom. The van der Waals surface area contributed by atoms with Crippen molar-refractivity contribution in [2.75, 3.05) is 27.2 Å². The van der Waals surface area contributed by atoms with E-state index in [1.54, 1.807) is 0 Å². The van der Waals surface area contributed by atoms with Crippen molar-refractivity contribution in [1.29, 1.82) is 0 Å². The third-order valence-corrected chi connectivity index (χ3v) is 1.11. The molecule has 0 aromatic carbocycles. The Morgan fingerprint density at radius 2 is 2.25 bits per heavy atom. The highest BCUT2D eigenvalue weighted by molar-refractivity contribution is 7.77. The van der Waals surface area contributed by atoms with E-state index in [1.165, 1.54) is 0 Å². The fourth-order valence-electron chi connectivity index (χ4n) is 0.485. The van der Waals surface area contributed by atoms with Crippen LogP contribution < -0.4 is 5.32 Å². The molecule has 0 radical (unpaired) electrons. The number of nitrogens with one attached hydrogen (secondary N) is 1. The Bertz CT molecular complexity index is 47.7. The zero-order valence-corrected chi connectivity index (χ0v) is 6.41. The van der Waals surface area contributed by atoms with Gasteiger partial charge in [0.05, 0.1) is 0 Å². The molecular formula is C5H14N2S. The van der Waals surface area contributed by atoms with E-state index in [0.29, 0.717) is 0 Å². The van der Waals surface area contributed by atoms with Crippen molar-refractivity contribution in [3.63, 3.8) is 0 Å². The molecule has 0 rings (SSSR count). The van der Waals surface area contributed by atoms with Crippen LogP contribution in [0.15, 0.2) is 0 Å². The first-order valence-electron chi connectivity index (χ1n) is 2.82. The third-order valence-electron chi connectivity index (χ3n) is 0.908. The minimum Gasteiger partial charge on any atom is -0.320 e. The van der Waals surface area contributed by atoms with Crippen LogP contribution in [-0.2, 0) is 0 Å². The summed E-state index contributed by atoms with van der Waals surface area (Å²) in [6.45, 7) is 2.12. The molecule has 0 fully saturated rings. The Morgan fingerprint density at radius 3 is 2.62 bits per heavy atom. The van der Waals surface area contributed by atoms with E-state index in [4.69, 9.17) is 0 Å². The second-order valence-electron chi connectivity index (χ2n) is 1.84. The summed E-state index contributed by atoms with van der Waals surface area (Å²) in [6, 6.07) is 0. The van der Waals surface area contributed by atoms with Gasteiger partial charge in [-0.05, 0) is 27.1 Å². The topological polar surface area (TPSA) is 15.3 Å².